The second-order valence-electron chi connectivity index (χ2n) is 10.4. The second kappa shape index (κ2) is 9.80. The summed E-state index contributed by atoms with van der Waals surface area (Å²) in [6, 6.07) is -3.56. The summed E-state index contributed by atoms with van der Waals surface area (Å²) >= 11 is 0. The minimum atomic E-state index is -5.08. The molecule has 10 nitrogen and oxygen atoms in total. The summed E-state index contributed by atoms with van der Waals surface area (Å²) in [4.78, 5) is 64.0. The molecule has 2 saturated carbocycles. The van der Waals surface area contributed by atoms with Crippen LogP contribution in [0.4, 0.5) is 22.0 Å². The molecule has 0 radical (unpaired) electrons. The van der Waals surface area contributed by atoms with Crippen LogP contribution in [0.15, 0.2) is 0 Å². The lowest BCUT2D eigenvalue weighted by atomic mass is 9.88. The first-order chi connectivity index (χ1) is 17.2. The summed E-state index contributed by atoms with van der Waals surface area (Å²) in [7, 11) is 0. The van der Waals surface area contributed by atoms with Crippen LogP contribution in [-0.4, -0.2) is 84.4 Å². The Kier molecular flexibility index (Phi) is 7.20. The molecule has 2 saturated heterocycles. The van der Waals surface area contributed by atoms with Crippen LogP contribution in [0.25, 0.3) is 0 Å². The third kappa shape index (κ3) is 6.54. The monoisotopic (exact) mass is 538 g/mol. The van der Waals surface area contributed by atoms with Gasteiger partial charge in [0.05, 0.1) is 6.04 Å². The van der Waals surface area contributed by atoms with Crippen molar-refractivity contribution < 1.29 is 50.7 Å². The summed E-state index contributed by atoms with van der Waals surface area (Å²) < 4.78 is 67.2. The van der Waals surface area contributed by atoms with Crippen molar-refractivity contribution in [2.24, 2.45) is 11.3 Å². The van der Waals surface area contributed by atoms with E-state index in [2.05, 4.69) is 20.7 Å². The molecule has 37 heavy (non-hydrogen) atoms. The molecule has 2 aliphatic heterocycles. The quantitative estimate of drug-likeness (QED) is 0.303. The van der Waals surface area contributed by atoms with Gasteiger partial charge in [0.25, 0.3) is 5.92 Å². The van der Waals surface area contributed by atoms with E-state index in [9.17, 15) is 45.9 Å². The van der Waals surface area contributed by atoms with E-state index in [0.29, 0.717) is 25.8 Å². The van der Waals surface area contributed by atoms with Gasteiger partial charge in [-0.25, -0.2) is 8.78 Å². The van der Waals surface area contributed by atoms with Crippen LogP contribution in [0, 0.1) is 11.3 Å². The molecule has 1 spiro atoms. The van der Waals surface area contributed by atoms with Gasteiger partial charge in [-0.15, -0.1) is 13.2 Å². The highest BCUT2D eigenvalue weighted by Crippen LogP contribution is 2.54. The molecule has 206 valence electrons. The van der Waals surface area contributed by atoms with Gasteiger partial charge in [0, 0.05) is 37.9 Å². The lowest BCUT2D eigenvalue weighted by Crippen LogP contribution is -2.57. The smallest absolute Gasteiger partial charge is 0.356 e. The Morgan fingerprint density at radius 3 is 2.35 bits per heavy atom. The van der Waals surface area contributed by atoms with Crippen LogP contribution in [-0.2, 0) is 28.7 Å². The predicted octanol–water partition coefficient (Wildman–Crippen LogP) is 0.398. The number of carbonyl (C=O) groups is 5. The van der Waals surface area contributed by atoms with Crippen LogP contribution in [0.3, 0.4) is 0 Å². The largest absolute Gasteiger partial charge is 0.522 e. The molecule has 3 N–H and O–H groups in total. The summed E-state index contributed by atoms with van der Waals surface area (Å²) in [5.74, 6) is -8.22. The van der Waals surface area contributed by atoms with E-state index in [1.165, 1.54) is 0 Å². The average molecular weight is 538 g/mol. The highest BCUT2D eigenvalue weighted by Gasteiger charge is 2.56. The predicted molar refractivity (Wildman–Crippen MR) is 113 cm³/mol. The number of halogens is 5. The second-order valence-corrected chi connectivity index (χ2v) is 10.4. The SMILES string of the molecule is O=C(NC1CC(F)(F)C1)C(=O)N1CC2(CC2)CC1C(=O)N[C@@H](C[C@@H]1CCNC1=O)C(=O)COC(F)(F)F. The van der Waals surface area contributed by atoms with Crippen molar-refractivity contribution >= 4 is 29.4 Å². The van der Waals surface area contributed by atoms with Gasteiger partial charge in [-0.05, 0) is 37.5 Å². The van der Waals surface area contributed by atoms with Crippen molar-refractivity contribution in [3.8, 4) is 0 Å². The molecule has 4 amide bonds. The van der Waals surface area contributed by atoms with E-state index in [1.807, 2.05) is 0 Å². The Morgan fingerprint density at radius 2 is 1.81 bits per heavy atom. The molecule has 0 aromatic rings. The van der Waals surface area contributed by atoms with Gasteiger partial charge in [0.15, 0.2) is 5.78 Å². The molecule has 0 aromatic heterocycles. The maximum atomic E-state index is 13.2. The summed E-state index contributed by atoms with van der Waals surface area (Å²) in [5.41, 5.74) is -0.397. The van der Waals surface area contributed by atoms with E-state index in [1.54, 1.807) is 0 Å². The molecule has 4 aliphatic rings. The number of amides is 4. The molecule has 1 unspecified atom stereocenters. The number of hydrogen-bond acceptors (Lipinski definition) is 6. The number of ether oxygens (including phenoxy) is 1. The van der Waals surface area contributed by atoms with Gasteiger partial charge >= 0.3 is 18.2 Å². The number of hydrogen-bond donors (Lipinski definition) is 3. The number of carbonyl (C=O) groups excluding carboxylic acids is 5. The molecule has 15 heteroatoms. The van der Waals surface area contributed by atoms with Crippen molar-refractivity contribution in [3.05, 3.63) is 0 Å². The molecular weight excluding hydrogens is 511 g/mol. The van der Waals surface area contributed by atoms with E-state index >= 15 is 0 Å². The number of likely N-dealkylation sites (tertiary alicyclic amines) is 1. The van der Waals surface area contributed by atoms with Crippen LogP contribution < -0.4 is 16.0 Å². The number of rotatable bonds is 8. The van der Waals surface area contributed by atoms with Crippen molar-refractivity contribution in [1.82, 2.24) is 20.9 Å². The van der Waals surface area contributed by atoms with Crippen molar-refractivity contribution in [1.29, 1.82) is 0 Å². The fraction of sp³-hybridized carbons (Fsp3) is 0.773. The standard InChI is InChI=1S/C22H27F5N4O6/c23-21(24)6-12(7-21)29-18(35)19(36)31-10-20(2-3-20)8-14(31)17(34)30-13(5-11-1-4-28-16(11)33)15(32)9-37-22(25,26)27/h11-14H,1-10H2,(H,28,33)(H,29,35)(H,30,34)/t11-,13-,14?/m0/s1. The summed E-state index contributed by atoms with van der Waals surface area (Å²) in [6.45, 7) is -1.000. The van der Waals surface area contributed by atoms with Crippen LogP contribution in [0.5, 0.6) is 0 Å². The number of nitrogens with zero attached hydrogens (tertiary/aromatic N) is 1. The number of nitrogens with one attached hydrogen (secondary N) is 3. The molecule has 4 fully saturated rings. The van der Waals surface area contributed by atoms with E-state index in [-0.39, 0.29) is 19.4 Å². The van der Waals surface area contributed by atoms with Gasteiger partial charge in [0.2, 0.25) is 11.8 Å². The van der Waals surface area contributed by atoms with Crippen molar-refractivity contribution in [3.63, 3.8) is 0 Å². The Labute approximate surface area is 208 Å². The van der Waals surface area contributed by atoms with Gasteiger partial charge in [-0.3, -0.25) is 28.7 Å². The number of ketones is 1. The van der Waals surface area contributed by atoms with E-state index < -0.39 is 90.6 Å². The van der Waals surface area contributed by atoms with Crippen LogP contribution in [0.1, 0.15) is 44.9 Å². The Bertz CT molecular complexity index is 977. The maximum absolute atomic E-state index is 13.2. The molecule has 0 aromatic carbocycles. The third-order valence-electron chi connectivity index (χ3n) is 7.41. The highest BCUT2D eigenvalue weighted by molar-refractivity contribution is 6.35. The summed E-state index contributed by atoms with van der Waals surface area (Å²) in [5, 5.41) is 7.14. The molecule has 2 heterocycles. The van der Waals surface area contributed by atoms with Gasteiger partial charge in [-0.1, -0.05) is 0 Å². The Balaban J connectivity index is 1.43. The minimum absolute atomic E-state index is 0.0684. The maximum Gasteiger partial charge on any atom is 0.522 e. The van der Waals surface area contributed by atoms with Crippen LogP contribution in [0.2, 0.25) is 0 Å². The zero-order valence-electron chi connectivity index (χ0n) is 19.7. The third-order valence-corrected chi connectivity index (χ3v) is 7.41. The zero-order valence-corrected chi connectivity index (χ0v) is 19.7. The lowest BCUT2D eigenvalue weighted by Gasteiger charge is -2.35. The first kappa shape index (κ1) is 27.2. The normalized spacial score (nSPS) is 26.8. The fourth-order valence-corrected chi connectivity index (χ4v) is 5.13. The first-order valence-electron chi connectivity index (χ1n) is 12.0. The number of alkyl halides is 5. The van der Waals surface area contributed by atoms with Crippen molar-refractivity contribution in [2.75, 3.05) is 19.7 Å². The molecule has 3 atom stereocenters. The first-order valence-corrected chi connectivity index (χ1v) is 12.0. The van der Waals surface area contributed by atoms with Crippen molar-refractivity contribution in [2.45, 2.75) is 75.4 Å². The van der Waals surface area contributed by atoms with Gasteiger partial charge in [0.1, 0.15) is 12.6 Å². The molecule has 0 bridgehead atoms. The Morgan fingerprint density at radius 1 is 1.14 bits per heavy atom. The molecule has 2 aliphatic carbocycles. The van der Waals surface area contributed by atoms with E-state index in [4.69, 9.17) is 0 Å². The van der Waals surface area contributed by atoms with Gasteiger partial charge in [-0.2, -0.15) is 0 Å². The average Bonchev–Trinajstić information content (AvgIpc) is 3.24. The van der Waals surface area contributed by atoms with E-state index in [0.717, 1.165) is 4.90 Å². The Hall–Kier alpha value is -2.84. The lowest BCUT2D eigenvalue weighted by molar-refractivity contribution is -0.321. The fourth-order valence-electron chi connectivity index (χ4n) is 5.13. The zero-order chi connectivity index (χ0) is 27.2. The highest BCUT2D eigenvalue weighted by atomic mass is 19.4. The topological polar surface area (TPSA) is 134 Å². The minimum Gasteiger partial charge on any atom is -0.356 e. The molecule has 4 rings (SSSR count). The number of Topliss-reactive ketones (excluding diaryl/α,β-unsaturated/α-hetero) is 1. The van der Waals surface area contributed by atoms with Gasteiger partial charge < -0.3 is 20.9 Å². The van der Waals surface area contributed by atoms with Crippen LogP contribution >= 0.6 is 0 Å². The summed E-state index contributed by atoms with van der Waals surface area (Å²) in [6.07, 6.45) is -4.70. The molecular formula is C22H27F5N4O6.